The van der Waals surface area contributed by atoms with Gasteiger partial charge in [-0.2, -0.15) is 5.01 Å². The van der Waals surface area contributed by atoms with Crippen LogP contribution in [-0.2, 0) is 9.59 Å². The molecule has 2 aliphatic rings. The van der Waals surface area contributed by atoms with Crippen LogP contribution in [-0.4, -0.2) is 43.7 Å². The topological polar surface area (TPSA) is 96.3 Å². The summed E-state index contributed by atoms with van der Waals surface area (Å²) in [5.41, 5.74) is 4.32. The van der Waals surface area contributed by atoms with Crippen molar-refractivity contribution in [2.45, 2.75) is 43.3 Å². The van der Waals surface area contributed by atoms with E-state index in [9.17, 15) is 14.4 Å². The Balaban J connectivity index is 1.30. The Labute approximate surface area is 195 Å². The van der Waals surface area contributed by atoms with Crippen LogP contribution in [0, 0.1) is 5.92 Å². The molecule has 4 amide bonds. The highest BCUT2D eigenvalue weighted by atomic mass is 32.2. The van der Waals surface area contributed by atoms with E-state index in [0.29, 0.717) is 23.9 Å². The van der Waals surface area contributed by atoms with Crippen molar-refractivity contribution in [3.8, 4) is 5.69 Å². The fraction of sp³-hybridized carbons (Fsp3) is 0.333. The maximum Gasteiger partial charge on any atom is 0.344 e. The molecule has 9 heteroatoms. The number of imide groups is 1. The number of carbonyl (C=O) groups is 3. The highest BCUT2D eigenvalue weighted by molar-refractivity contribution is 7.99. The van der Waals surface area contributed by atoms with Gasteiger partial charge in [-0.15, -0.1) is 0 Å². The minimum Gasteiger partial charge on any atom is -0.322 e. The predicted molar refractivity (Wildman–Crippen MR) is 126 cm³/mol. The van der Waals surface area contributed by atoms with Crippen molar-refractivity contribution in [3.63, 3.8) is 0 Å². The van der Waals surface area contributed by atoms with E-state index >= 15 is 0 Å². The third-order valence-corrected chi connectivity index (χ3v) is 7.34. The van der Waals surface area contributed by atoms with Gasteiger partial charge in [0.25, 0.3) is 5.91 Å². The molecule has 8 nitrogen and oxygen atoms in total. The molecule has 1 aromatic heterocycles. The maximum absolute atomic E-state index is 13.0. The van der Waals surface area contributed by atoms with Crippen LogP contribution in [0.3, 0.4) is 0 Å². The Bertz CT molecular complexity index is 1220. The summed E-state index contributed by atoms with van der Waals surface area (Å²) in [6, 6.07) is 17.0. The van der Waals surface area contributed by atoms with Gasteiger partial charge in [0.15, 0.2) is 5.16 Å². The van der Waals surface area contributed by atoms with Crippen molar-refractivity contribution in [2.24, 2.45) is 5.92 Å². The summed E-state index contributed by atoms with van der Waals surface area (Å²) in [6.07, 6.45) is 2.95. The van der Waals surface area contributed by atoms with Crippen molar-refractivity contribution >= 4 is 40.6 Å². The van der Waals surface area contributed by atoms with Crippen LogP contribution in [0.4, 0.5) is 4.79 Å². The Hall–Kier alpha value is -3.33. The molecule has 170 valence electrons. The van der Waals surface area contributed by atoms with Crippen molar-refractivity contribution in [1.29, 1.82) is 0 Å². The number of urea groups is 1. The second kappa shape index (κ2) is 8.55. The Morgan fingerprint density at radius 3 is 2.58 bits per heavy atom. The molecule has 1 aliphatic carbocycles. The lowest BCUT2D eigenvalue weighted by molar-refractivity contribution is -0.139. The number of amides is 4. The molecule has 2 fully saturated rings. The van der Waals surface area contributed by atoms with Crippen molar-refractivity contribution in [2.75, 3.05) is 5.75 Å². The van der Waals surface area contributed by atoms with E-state index in [4.69, 9.17) is 0 Å². The smallest absolute Gasteiger partial charge is 0.322 e. The first-order valence-electron chi connectivity index (χ1n) is 11.1. The van der Waals surface area contributed by atoms with Crippen molar-refractivity contribution < 1.29 is 14.4 Å². The minimum absolute atomic E-state index is 0.0112. The molecule has 2 N–H and O–H groups in total. The van der Waals surface area contributed by atoms with Gasteiger partial charge < -0.3 is 5.32 Å². The second-order valence-corrected chi connectivity index (χ2v) is 9.66. The molecular formula is C24H25N5O3S. The summed E-state index contributed by atoms with van der Waals surface area (Å²) >= 11 is 1.26. The number of hydrogen-bond donors (Lipinski definition) is 2. The monoisotopic (exact) mass is 463 g/mol. The number of hydrogen-bond acceptors (Lipinski definition) is 5. The largest absolute Gasteiger partial charge is 0.344 e. The molecule has 5 rings (SSSR count). The molecule has 2 heterocycles. The number of benzene rings is 2. The van der Waals surface area contributed by atoms with Gasteiger partial charge in [0.2, 0.25) is 5.91 Å². The average Bonchev–Trinajstić information content (AvgIpc) is 3.31. The fourth-order valence-electron chi connectivity index (χ4n) is 4.53. The van der Waals surface area contributed by atoms with Crippen LogP contribution in [0.15, 0.2) is 59.8 Å². The molecule has 1 aliphatic heterocycles. The van der Waals surface area contributed by atoms with Gasteiger partial charge in [-0.1, -0.05) is 49.0 Å². The normalized spacial score (nSPS) is 22.7. The number of nitrogens with one attached hydrogen (secondary N) is 2. The molecule has 2 aromatic carbocycles. The number of aromatic nitrogens is 2. The number of para-hydroxylation sites is 3. The van der Waals surface area contributed by atoms with Gasteiger partial charge in [0.1, 0.15) is 5.54 Å². The zero-order chi connectivity index (χ0) is 23.0. The summed E-state index contributed by atoms with van der Waals surface area (Å²) in [7, 11) is 0. The molecular weight excluding hydrogens is 438 g/mol. The van der Waals surface area contributed by atoms with Gasteiger partial charge in [-0.3, -0.25) is 19.6 Å². The zero-order valence-electron chi connectivity index (χ0n) is 18.3. The highest BCUT2D eigenvalue weighted by Crippen LogP contribution is 2.36. The fourth-order valence-corrected chi connectivity index (χ4v) is 5.35. The highest BCUT2D eigenvalue weighted by Gasteiger charge is 2.52. The molecule has 1 saturated carbocycles. The number of fused-ring (bicyclic) bond motifs is 1. The zero-order valence-corrected chi connectivity index (χ0v) is 19.1. The van der Waals surface area contributed by atoms with Crippen LogP contribution < -0.4 is 10.7 Å². The van der Waals surface area contributed by atoms with Gasteiger partial charge in [0, 0.05) is 5.69 Å². The van der Waals surface area contributed by atoms with Gasteiger partial charge in [-0.25, -0.2) is 9.78 Å². The summed E-state index contributed by atoms with van der Waals surface area (Å²) < 4.78 is 2.00. The lowest BCUT2D eigenvalue weighted by Gasteiger charge is -2.33. The number of carbonyl (C=O) groups excluding carboxylic acids is 3. The molecule has 1 saturated heterocycles. The SMILES string of the molecule is CC1CCC2(CC1)NC(=O)N(NC(=O)CSc1nc3ccccc3n1-c1ccccc1)C2=O. The lowest BCUT2D eigenvalue weighted by Crippen LogP contribution is -2.51. The Morgan fingerprint density at radius 1 is 1.12 bits per heavy atom. The first kappa shape index (κ1) is 21.5. The molecule has 0 radical (unpaired) electrons. The van der Waals surface area contributed by atoms with Crippen molar-refractivity contribution in [3.05, 3.63) is 54.6 Å². The van der Waals surface area contributed by atoms with Crippen LogP contribution in [0.1, 0.15) is 32.6 Å². The molecule has 3 aromatic rings. The number of nitrogens with zero attached hydrogens (tertiary/aromatic N) is 3. The van der Waals surface area contributed by atoms with E-state index in [2.05, 4.69) is 22.7 Å². The first-order valence-corrected chi connectivity index (χ1v) is 12.1. The third-order valence-electron chi connectivity index (χ3n) is 6.40. The lowest BCUT2D eigenvalue weighted by atomic mass is 9.77. The van der Waals surface area contributed by atoms with Crippen LogP contribution in [0.25, 0.3) is 16.7 Å². The number of thioether (sulfide) groups is 1. The van der Waals surface area contributed by atoms with Crippen LogP contribution in [0.2, 0.25) is 0 Å². The summed E-state index contributed by atoms with van der Waals surface area (Å²) in [5.74, 6) is -0.257. The molecule has 0 unspecified atom stereocenters. The van der Waals surface area contributed by atoms with E-state index in [1.165, 1.54) is 11.8 Å². The Morgan fingerprint density at radius 2 is 1.82 bits per heavy atom. The molecule has 33 heavy (non-hydrogen) atoms. The molecule has 1 spiro atoms. The second-order valence-electron chi connectivity index (χ2n) is 8.71. The minimum atomic E-state index is -0.884. The van der Waals surface area contributed by atoms with E-state index in [0.717, 1.165) is 34.6 Å². The van der Waals surface area contributed by atoms with Crippen LogP contribution in [0.5, 0.6) is 0 Å². The maximum atomic E-state index is 13.0. The van der Waals surface area contributed by atoms with Crippen molar-refractivity contribution in [1.82, 2.24) is 25.3 Å². The quantitative estimate of drug-likeness (QED) is 0.445. The molecule has 0 atom stereocenters. The van der Waals surface area contributed by atoms with E-state index in [1.54, 1.807) is 0 Å². The number of rotatable bonds is 5. The van der Waals surface area contributed by atoms with Gasteiger partial charge in [0.05, 0.1) is 16.8 Å². The Kier molecular flexibility index (Phi) is 5.57. The average molecular weight is 464 g/mol. The molecule has 0 bridgehead atoms. The van der Waals surface area contributed by atoms with Gasteiger partial charge >= 0.3 is 6.03 Å². The first-order chi connectivity index (χ1) is 16.0. The van der Waals surface area contributed by atoms with E-state index in [1.807, 2.05) is 59.2 Å². The summed E-state index contributed by atoms with van der Waals surface area (Å²) in [5, 5.41) is 4.32. The number of imidazole rings is 1. The van der Waals surface area contributed by atoms with E-state index < -0.39 is 17.5 Å². The van der Waals surface area contributed by atoms with Crippen LogP contribution >= 0.6 is 11.8 Å². The summed E-state index contributed by atoms with van der Waals surface area (Å²) in [4.78, 5) is 42.8. The summed E-state index contributed by atoms with van der Waals surface area (Å²) in [6.45, 7) is 2.15. The number of hydrazine groups is 1. The van der Waals surface area contributed by atoms with Gasteiger partial charge in [-0.05, 0) is 55.9 Å². The third kappa shape index (κ3) is 3.97. The van der Waals surface area contributed by atoms with E-state index in [-0.39, 0.29) is 11.7 Å². The predicted octanol–water partition coefficient (Wildman–Crippen LogP) is 3.65. The standard InChI is InChI=1S/C24H25N5O3S/c1-16-11-13-24(14-12-16)21(31)29(22(32)26-24)27-20(30)15-33-23-25-18-9-5-6-10-19(18)28(23)17-7-3-2-4-8-17/h2-10,16H,11-15H2,1H3,(H,26,32)(H,27,30).